The average molecular weight is 483 g/mol. The third kappa shape index (κ3) is 4.63. The van der Waals surface area contributed by atoms with Gasteiger partial charge in [-0.2, -0.15) is 0 Å². The molecule has 0 N–H and O–H groups in total. The molecule has 0 aliphatic heterocycles. The maximum absolute atomic E-state index is 13.2. The fourth-order valence-corrected chi connectivity index (χ4v) is 4.52. The van der Waals surface area contributed by atoms with E-state index in [4.69, 9.17) is 9.47 Å². The Morgan fingerprint density at radius 2 is 1.77 bits per heavy atom. The summed E-state index contributed by atoms with van der Waals surface area (Å²) in [6.07, 6.45) is 0. The molecule has 0 saturated carbocycles. The van der Waals surface area contributed by atoms with Crippen molar-refractivity contribution in [3.8, 4) is 11.5 Å². The number of thiazole rings is 1. The van der Waals surface area contributed by atoms with Crippen LogP contribution in [0.25, 0.3) is 10.2 Å². The lowest BCUT2D eigenvalue weighted by atomic mass is 10.2. The zero-order valence-electron chi connectivity index (χ0n) is 16.2. The van der Waals surface area contributed by atoms with Gasteiger partial charge in [0.15, 0.2) is 23.2 Å². The molecule has 0 bridgehead atoms. The molecule has 7 heteroatoms. The van der Waals surface area contributed by atoms with Gasteiger partial charge in [0, 0.05) is 4.47 Å². The molecule has 0 unspecified atom stereocenters. The van der Waals surface area contributed by atoms with E-state index in [1.165, 1.54) is 11.3 Å². The van der Waals surface area contributed by atoms with E-state index in [0.717, 1.165) is 20.3 Å². The molecule has 152 valence electrons. The molecule has 0 aliphatic carbocycles. The second-order valence-corrected chi connectivity index (χ2v) is 8.44. The van der Waals surface area contributed by atoms with Crippen LogP contribution in [-0.2, 0) is 11.3 Å². The van der Waals surface area contributed by atoms with E-state index in [-0.39, 0.29) is 12.5 Å². The number of carbonyl (C=O) groups is 1. The summed E-state index contributed by atoms with van der Waals surface area (Å²) >= 11 is 4.97. The fourth-order valence-electron chi connectivity index (χ4n) is 2.99. The van der Waals surface area contributed by atoms with E-state index >= 15 is 0 Å². The van der Waals surface area contributed by atoms with Gasteiger partial charge in [-0.1, -0.05) is 69.7 Å². The number of ether oxygens (including phenoxy) is 2. The number of amides is 1. The summed E-state index contributed by atoms with van der Waals surface area (Å²) in [4.78, 5) is 19.5. The molecule has 0 aliphatic rings. The Bertz CT molecular complexity index is 1160. The molecule has 3 aromatic carbocycles. The number of anilines is 1. The Balaban J connectivity index is 1.61. The summed E-state index contributed by atoms with van der Waals surface area (Å²) in [5, 5.41) is 0.639. The normalized spacial score (nSPS) is 10.7. The van der Waals surface area contributed by atoms with E-state index in [1.807, 2.05) is 60.7 Å². The van der Waals surface area contributed by atoms with Crippen LogP contribution in [0.15, 0.2) is 77.3 Å². The molecular formula is C23H19BrN2O3S. The first-order valence-corrected chi connectivity index (χ1v) is 10.9. The number of halogens is 1. The van der Waals surface area contributed by atoms with Gasteiger partial charge in [-0.25, -0.2) is 4.98 Å². The molecule has 30 heavy (non-hydrogen) atoms. The topological polar surface area (TPSA) is 51.7 Å². The molecule has 1 aromatic heterocycles. The Morgan fingerprint density at radius 1 is 1.03 bits per heavy atom. The molecule has 1 heterocycles. The van der Waals surface area contributed by atoms with Gasteiger partial charge in [0.2, 0.25) is 0 Å². The predicted molar refractivity (Wildman–Crippen MR) is 123 cm³/mol. The highest BCUT2D eigenvalue weighted by Gasteiger charge is 2.21. The number of fused-ring (bicyclic) bond motifs is 1. The van der Waals surface area contributed by atoms with Crippen LogP contribution in [0.2, 0.25) is 0 Å². The van der Waals surface area contributed by atoms with Crippen molar-refractivity contribution in [1.29, 1.82) is 0 Å². The van der Waals surface area contributed by atoms with E-state index in [1.54, 1.807) is 24.1 Å². The molecule has 0 atom stereocenters. The summed E-state index contributed by atoms with van der Waals surface area (Å²) in [6, 6.07) is 23.0. The largest absolute Gasteiger partial charge is 0.493 e. The third-order valence-corrected chi connectivity index (χ3v) is 6.01. The zero-order valence-corrected chi connectivity index (χ0v) is 18.7. The highest BCUT2D eigenvalue weighted by Crippen LogP contribution is 2.32. The minimum atomic E-state index is -0.178. The maximum Gasteiger partial charge on any atom is 0.267 e. The lowest BCUT2D eigenvalue weighted by Crippen LogP contribution is -2.34. The van der Waals surface area contributed by atoms with Gasteiger partial charge < -0.3 is 9.47 Å². The minimum absolute atomic E-state index is 0.118. The summed E-state index contributed by atoms with van der Waals surface area (Å²) in [5.74, 6) is 0.939. The van der Waals surface area contributed by atoms with Gasteiger partial charge >= 0.3 is 0 Å². The molecule has 4 rings (SSSR count). The van der Waals surface area contributed by atoms with Crippen LogP contribution in [0.4, 0.5) is 5.13 Å². The SMILES string of the molecule is COc1ccccc1OCC(=O)N(Cc1ccccc1)c1nc2ccc(Br)cc2s1. The van der Waals surface area contributed by atoms with Crippen molar-refractivity contribution in [3.05, 3.63) is 82.8 Å². The quantitative estimate of drug-likeness (QED) is 0.340. The van der Waals surface area contributed by atoms with E-state index in [9.17, 15) is 4.79 Å². The fraction of sp³-hybridized carbons (Fsp3) is 0.130. The monoisotopic (exact) mass is 482 g/mol. The van der Waals surface area contributed by atoms with Gasteiger partial charge in [0.1, 0.15) is 0 Å². The van der Waals surface area contributed by atoms with Crippen LogP contribution in [0, 0.1) is 0 Å². The smallest absolute Gasteiger partial charge is 0.267 e. The first-order chi connectivity index (χ1) is 14.6. The molecule has 0 fully saturated rings. The number of nitrogens with zero attached hydrogens (tertiary/aromatic N) is 2. The molecular weight excluding hydrogens is 464 g/mol. The molecule has 5 nitrogen and oxygen atoms in total. The van der Waals surface area contributed by atoms with Crippen molar-refractivity contribution in [3.63, 3.8) is 0 Å². The lowest BCUT2D eigenvalue weighted by molar-refractivity contribution is -0.120. The Morgan fingerprint density at radius 3 is 2.53 bits per heavy atom. The van der Waals surface area contributed by atoms with Crippen molar-refractivity contribution in [1.82, 2.24) is 4.98 Å². The van der Waals surface area contributed by atoms with Gasteiger partial charge in [0.05, 0.1) is 23.9 Å². The molecule has 4 aromatic rings. The van der Waals surface area contributed by atoms with Gasteiger partial charge in [-0.05, 0) is 35.9 Å². The van der Waals surface area contributed by atoms with E-state index in [0.29, 0.717) is 23.2 Å². The van der Waals surface area contributed by atoms with Crippen LogP contribution in [0.5, 0.6) is 11.5 Å². The highest BCUT2D eigenvalue weighted by molar-refractivity contribution is 9.10. The zero-order chi connectivity index (χ0) is 20.9. The Kier molecular flexibility index (Phi) is 6.30. The van der Waals surface area contributed by atoms with Crippen LogP contribution < -0.4 is 14.4 Å². The predicted octanol–water partition coefficient (Wildman–Crippen LogP) is 5.68. The van der Waals surface area contributed by atoms with Crippen LogP contribution >= 0.6 is 27.3 Å². The van der Waals surface area contributed by atoms with Gasteiger partial charge in [0.25, 0.3) is 5.91 Å². The van der Waals surface area contributed by atoms with Crippen LogP contribution in [0.3, 0.4) is 0 Å². The number of hydrogen-bond acceptors (Lipinski definition) is 5. The number of benzene rings is 3. The first kappa shape index (κ1) is 20.4. The number of carbonyl (C=O) groups excluding carboxylic acids is 1. The van der Waals surface area contributed by atoms with Crippen molar-refractivity contribution in [2.75, 3.05) is 18.6 Å². The summed E-state index contributed by atoms with van der Waals surface area (Å²) < 4.78 is 13.1. The average Bonchev–Trinajstić information content (AvgIpc) is 3.19. The molecule has 1 amide bonds. The first-order valence-electron chi connectivity index (χ1n) is 9.30. The third-order valence-electron chi connectivity index (χ3n) is 4.47. The summed E-state index contributed by atoms with van der Waals surface area (Å²) in [6.45, 7) is 0.294. The van der Waals surface area contributed by atoms with Crippen LogP contribution in [0.1, 0.15) is 5.56 Å². The number of methoxy groups -OCH3 is 1. The number of aromatic nitrogens is 1. The van der Waals surface area contributed by atoms with Gasteiger partial charge in [-0.15, -0.1) is 0 Å². The van der Waals surface area contributed by atoms with Crippen molar-refractivity contribution < 1.29 is 14.3 Å². The van der Waals surface area contributed by atoms with Crippen molar-refractivity contribution in [2.24, 2.45) is 0 Å². The molecule has 0 saturated heterocycles. The number of hydrogen-bond donors (Lipinski definition) is 0. The Labute approximate surface area is 187 Å². The standard InChI is InChI=1S/C23H19BrN2O3S/c1-28-19-9-5-6-10-20(19)29-15-22(27)26(14-16-7-3-2-4-8-16)23-25-18-12-11-17(24)13-21(18)30-23/h2-13H,14-15H2,1H3. The number of para-hydroxylation sites is 2. The van der Waals surface area contributed by atoms with E-state index < -0.39 is 0 Å². The molecule has 0 spiro atoms. The highest BCUT2D eigenvalue weighted by atomic mass is 79.9. The minimum Gasteiger partial charge on any atom is -0.493 e. The summed E-state index contributed by atoms with van der Waals surface area (Å²) in [5.41, 5.74) is 1.87. The number of rotatable bonds is 7. The maximum atomic E-state index is 13.2. The second-order valence-electron chi connectivity index (χ2n) is 6.51. The van der Waals surface area contributed by atoms with Crippen LogP contribution in [-0.4, -0.2) is 24.6 Å². The Hall–Kier alpha value is -2.90. The van der Waals surface area contributed by atoms with E-state index in [2.05, 4.69) is 20.9 Å². The van der Waals surface area contributed by atoms with Crippen molar-refractivity contribution >= 4 is 48.5 Å². The van der Waals surface area contributed by atoms with Crippen molar-refractivity contribution in [2.45, 2.75) is 6.54 Å². The van der Waals surface area contributed by atoms with Gasteiger partial charge in [-0.3, -0.25) is 9.69 Å². The molecule has 0 radical (unpaired) electrons. The lowest BCUT2D eigenvalue weighted by Gasteiger charge is -2.20. The summed E-state index contributed by atoms with van der Waals surface area (Å²) in [7, 11) is 1.57. The second kappa shape index (κ2) is 9.28.